The van der Waals surface area contributed by atoms with Crippen LogP contribution in [0.3, 0.4) is 0 Å². The Hall–Kier alpha value is -1.77. The summed E-state index contributed by atoms with van der Waals surface area (Å²) in [6.45, 7) is 9.64. The standard InChI is InChI=1S/C16H23N3/c1-6-18(5)16-13(4)19(15(17-16)12(2)3)14-10-8-7-9-11-14/h7-12H,6H2,1-5H3. The number of benzene rings is 1. The highest BCUT2D eigenvalue weighted by Gasteiger charge is 2.19. The molecule has 1 heterocycles. The monoisotopic (exact) mass is 257 g/mol. The summed E-state index contributed by atoms with van der Waals surface area (Å²) in [5.41, 5.74) is 2.39. The van der Waals surface area contributed by atoms with Crippen LogP contribution in [0.4, 0.5) is 5.82 Å². The van der Waals surface area contributed by atoms with Gasteiger partial charge in [-0.25, -0.2) is 4.98 Å². The molecule has 0 unspecified atom stereocenters. The highest BCUT2D eigenvalue weighted by molar-refractivity contribution is 5.50. The van der Waals surface area contributed by atoms with Gasteiger partial charge in [0.1, 0.15) is 11.6 Å². The summed E-state index contributed by atoms with van der Waals surface area (Å²) < 4.78 is 2.27. The van der Waals surface area contributed by atoms with E-state index < -0.39 is 0 Å². The van der Waals surface area contributed by atoms with Gasteiger partial charge in [0, 0.05) is 25.2 Å². The first kappa shape index (κ1) is 13.7. The number of para-hydroxylation sites is 1. The van der Waals surface area contributed by atoms with Crippen molar-refractivity contribution in [2.45, 2.75) is 33.6 Å². The van der Waals surface area contributed by atoms with Gasteiger partial charge in [-0.05, 0) is 26.0 Å². The second-order valence-electron chi connectivity index (χ2n) is 5.22. The van der Waals surface area contributed by atoms with Gasteiger partial charge in [-0.15, -0.1) is 0 Å². The van der Waals surface area contributed by atoms with Crippen molar-refractivity contribution in [3.05, 3.63) is 41.9 Å². The zero-order chi connectivity index (χ0) is 14.0. The van der Waals surface area contributed by atoms with Crippen LogP contribution in [0.1, 0.15) is 38.2 Å². The third-order valence-corrected chi connectivity index (χ3v) is 3.48. The summed E-state index contributed by atoms with van der Waals surface area (Å²) >= 11 is 0. The van der Waals surface area contributed by atoms with Crippen LogP contribution < -0.4 is 4.90 Å². The molecule has 2 aromatic rings. The van der Waals surface area contributed by atoms with Crippen LogP contribution in [-0.2, 0) is 0 Å². The van der Waals surface area contributed by atoms with E-state index in [9.17, 15) is 0 Å². The molecular formula is C16H23N3. The van der Waals surface area contributed by atoms with Crippen LogP contribution in [-0.4, -0.2) is 23.1 Å². The SMILES string of the molecule is CCN(C)c1nc(C(C)C)n(-c2ccccc2)c1C. The minimum Gasteiger partial charge on any atom is -0.358 e. The lowest BCUT2D eigenvalue weighted by atomic mass is 10.2. The fraction of sp³-hybridized carbons (Fsp3) is 0.438. The van der Waals surface area contributed by atoms with Crippen molar-refractivity contribution in [2.24, 2.45) is 0 Å². The molecule has 0 aliphatic carbocycles. The zero-order valence-corrected chi connectivity index (χ0v) is 12.5. The largest absolute Gasteiger partial charge is 0.358 e. The van der Waals surface area contributed by atoms with Crippen molar-refractivity contribution in [3.63, 3.8) is 0 Å². The van der Waals surface area contributed by atoms with Crippen molar-refractivity contribution in [1.82, 2.24) is 9.55 Å². The van der Waals surface area contributed by atoms with E-state index in [0.29, 0.717) is 5.92 Å². The average Bonchev–Trinajstić information content (AvgIpc) is 2.77. The molecular weight excluding hydrogens is 234 g/mol. The maximum Gasteiger partial charge on any atom is 0.150 e. The third-order valence-electron chi connectivity index (χ3n) is 3.48. The molecule has 0 aliphatic rings. The van der Waals surface area contributed by atoms with Gasteiger partial charge in [-0.1, -0.05) is 32.0 Å². The number of aromatic nitrogens is 2. The van der Waals surface area contributed by atoms with E-state index in [4.69, 9.17) is 4.98 Å². The molecule has 3 heteroatoms. The second-order valence-corrected chi connectivity index (χ2v) is 5.22. The molecule has 0 aliphatic heterocycles. The number of nitrogens with zero attached hydrogens (tertiary/aromatic N) is 3. The second kappa shape index (κ2) is 5.47. The van der Waals surface area contributed by atoms with Gasteiger partial charge < -0.3 is 4.90 Å². The Balaban J connectivity index is 2.62. The molecule has 0 spiro atoms. The van der Waals surface area contributed by atoms with Crippen LogP contribution in [0, 0.1) is 6.92 Å². The molecule has 0 amide bonds. The van der Waals surface area contributed by atoms with E-state index >= 15 is 0 Å². The van der Waals surface area contributed by atoms with Crippen LogP contribution in [0.2, 0.25) is 0 Å². The van der Waals surface area contributed by atoms with Gasteiger partial charge in [-0.2, -0.15) is 0 Å². The summed E-state index contributed by atoms with van der Waals surface area (Å²) in [4.78, 5) is 7.04. The summed E-state index contributed by atoms with van der Waals surface area (Å²) in [6, 6.07) is 10.5. The molecule has 1 aromatic heterocycles. The van der Waals surface area contributed by atoms with Crippen LogP contribution in [0.5, 0.6) is 0 Å². The Morgan fingerprint density at radius 1 is 1.21 bits per heavy atom. The minimum atomic E-state index is 0.401. The van der Waals surface area contributed by atoms with Crippen molar-refractivity contribution in [3.8, 4) is 5.69 Å². The average molecular weight is 257 g/mol. The van der Waals surface area contributed by atoms with Gasteiger partial charge in [0.25, 0.3) is 0 Å². The molecule has 3 nitrogen and oxygen atoms in total. The molecule has 19 heavy (non-hydrogen) atoms. The highest BCUT2D eigenvalue weighted by atomic mass is 15.2. The van der Waals surface area contributed by atoms with Crippen molar-refractivity contribution < 1.29 is 0 Å². The van der Waals surface area contributed by atoms with Crippen molar-refractivity contribution in [1.29, 1.82) is 0 Å². The molecule has 0 saturated carbocycles. The molecule has 2 rings (SSSR count). The van der Waals surface area contributed by atoms with Crippen LogP contribution >= 0.6 is 0 Å². The Morgan fingerprint density at radius 2 is 1.84 bits per heavy atom. The summed E-state index contributed by atoms with van der Waals surface area (Å²) in [6.07, 6.45) is 0. The molecule has 0 saturated heterocycles. The first-order chi connectivity index (χ1) is 9.06. The van der Waals surface area contributed by atoms with Crippen LogP contribution in [0.15, 0.2) is 30.3 Å². The Labute approximate surface area is 115 Å². The maximum atomic E-state index is 4.85. The Bertz CT molecular complexity index is 541. The summed E-state index contributed by atoms with van der Waals surface area (Å²) in [7, 11) is 2.09. The molecule has 0 radical (unpaired) electrons. The summed E-state index contributed by atoms with van der Waals surface area (Å²) in [5.74, 6) is 2.60. The number of hydrogen-bond acceptors (Lipinski definition) is 2. The third kappa shape index (κ3) is 2.50. The first-order valence-electron chi connectivity index (χ1n) is 6.92. The predicted molar refractivity (Wildman–Crippen MR) is 81.3 cm³/mol. The van der Waals surface area contributed by atoms with E-state index in [1.165, 1.54) is 11.4 Å². The molecule has 102 valence electrons. The lowest BCUT2D eigenvalue weighted by Gasteiger charge is -2.15. The van der Waals surface area contributed by atoms with E-state index in [2.05, 4.69) is 68.5 Å². The maximum absolute atomic E-state index is 4.85. The highest BCUT2D eigenvalue weighted by Crippen LogP contribution is 2.27. The minimum absolute atomic E-state index is 0.401. The molecule has 0 atom stereocenters. The van der Waals surface area contributed by atoms with Crippen molar-refractivity contribution >= 4 is 5.82 Å². The Kier molecular flexibility index (Phi) is 3.93. The van der Waals surface area contributed by atoms with Crippen molar-refractivity contribution in [2.75, 3.05) is 18.5 Å². The van der Waals surface area contributed by atoms with E-state index in [-0.39, 0.29) is 0 Å². The lowest BCUT2D eigenvalue weighted by molar-refractivity contribution is 0.744. The number of imidazole rings is 1. The number of rotatable bonds is 4. The predicted octanol–water partition coefficient (Wildman–Crippen LogP) is 3.76. The van der Waals surface area contributed by atoms with Gasteiger partial charge in [0.2, 0.25) is 0 Å². The molecule has 0 fully saturated rings. The van der Waals surface area contributed by atoms with E-state index in [0.717, 1.165) is 18.2 Å². The number of hydrogen-bond donors (Lipinski definition) is 0. The lowest BCUT2D eigenvalue weighted by Crippen LogP contribution is -2.17. The van der Waals surface area contributed by atoms with E-state index in [1.54, 1.807) is 0 Å². The van der Waals surface area contributed by atoms with Gasteiger partial charge in [-0.3, -0.25) is 4.57 Å². The fourth-order valence-corrected chi connectivity index (χ4v) is 2.31. The van der Waals surface area contributed by atoms with Gasteiger partial charge in [0.15, 0.2) is 0 Å². The fourth-order valence-electron chi connectivity index (χ4n) is 2.31. The molecule has 0 bridgehead atoms. The smallest absolute Gasteiger partial charge is 0.150 e. The quantitative estimate of drug-likeness (QED) is 0.831. The first-order valence-corrected chi connectivity index (χ1v) is 6.92. The van der Waals surface area contributed by atoms with Crippen LogP contribution in [0.25, 0.3) is 5.69 Å². The van der Waals surface area contributed by atoms with E-state index in [1.807, 2.05) is 6.07 Å². The topological polar surface area (TPSA) is 21.1 Å². The Morgan fingerprint density at radius 3 is 2.37 bits per heavy atom. The molecule has 0 N–H and O–H groups in total. The molecule has 1 aromatic carbocycles. The van der Waals surface area contributed by atoms with Gasteiger partial charge in [0.05, 0.1) is 5.69 Å². The zero-order valence-electron chi connectivity index (χ0n) is 12.5. The number of anilines is 1. The normalized spacial score (nSPS) is 11.1. The summed E-state index contributed by atoms with van der Waals surface area (Å²) in [5, 5.41) is 0. The van der Waals surface area contributed by atoms with Gasteiger partial charge >= 0.3 is 0 Å².